The van der Waals surface area contributed by atoms with Crippen LogP contribution in [0.1, 0.15) is 0 Å². The predicted octanol–water partition coefficient (Wildman–Crippen LogP) is 5.41. The van der Waals surface area contributed by atoms with E-state index >= 15 is 0 Å². The second kappa shape index (κ2) is 5.43. The third kappa shape index (κ3) is 2.11. The van der Waals surface area contributed by atoms with E-state index in [0.29, 0.717) is 0 Å². The van der Waals surface area contributed by atoms with Crippen molar-refractivity contribution < 1.29 is 0 Å². The summed E-state index contributed by atoms with van der Waals surface area (Å²) >= 11 is 3.58. The Morgan fingerprint density at radius 1 is 0.667 bits per heavy atom. The first-order valence-electron chi connectivity index (χ1n) is 7.47. The number of rotatable bonds is 3. The first-order valence-corrected chi connectivity index (χ1v) is 9.23. The van der Waals surface area contributed by atoms with Crippen molar-refractivity contribution in [2.24, 2.45) is 0 Å². The number of hydrogen-bond donors (Lipinski definition) is 2. The van der Waals surface area contributed by atoms with E-state index in [1.165, 1.54) is 26.1 Å². The topological polar surface area (TPSA) is 57.4 Å². The van der Waals surface area contributed by atoms with Gasteiger partial charge in [0, 0.05) is 21.9 Å². The molecule has 116 valence electrons. The van der Waals surface area contributed by atoms with E-state index in [0.717, 1.165) is 17.0 Å². The van der Waals surface area contributed by atoms with E-state index in [-0.39, 0.29) is 0 Å². The lowest BCUT2D eigenvalue weighted by Crippen LogP contribution is -1.78. The summed E-state index contributed by atoms with van der Waals surface area (Å²) in [5, 5.41) is 4.45. The van der Waals surface area contributed by atoms with Crippen molar-refractivity contribution in [1.29, 1.82) is 0 Å². The maximum Gasteiger partial charge on any atom is 0.0924 e. The molecule has 0 amide bonds. The molecule has 0 spiro atoms. The summed E-state index contributed by atoms with van der Waals surface area (Å²) in [5.74, 6) is 0. The molecular weight excluding hydrogens is 336 g/mol. The van der Waals surface area contributed by atoms with Crippen LogP contribution >= 0.6 is 22.7 Å². The molecule has 0 atom stereocenters. The Morgan fingerprint density at radius 3 is 1.92 bits per heavy atom. The Hall–Kier alpha value is -2.70. The summed E-state index contributed by atoms with van der Waals surface area (Å²) in [4.78, 5) is 14.5. The Morgan fingerprint density at radius 2 is 1.25 bits per heavy atom. The van der Waals surface area contributed by atoms with Crippen LogP contribution < -0.4 is 0 Å². The SMILES string of the molecule is c1ncc(-c2ccc(-c3csc4c(-c5cnc[nH]5)csc34)cc2)[nH]1. The van der Waals surface area contributed by atoms with Crippen molar-refractivity contribution in [3.63, 3.8) is 0 Å². The molecule has 0 unspecified atom stereocenters. The molecule has 5 aromatic rings. The van der Waals surface area contributed by atoms with Gasteiger partial charge in [0.1, 0.15) is 0 Å². The number of fused-ring (bicyclic) bond motifs is 1. The lowest BCUT2D eigenvalue weighted by Gasteiger charge is -2.01. The van der Waals surface area contributed by atoms with E-state index in [1.807, 2.05) is 12.4 Å². The highest BCUT2D eigenvalue weighted by atomic mass is 32.1. The molecule has 1 aromatic carbocycles. The van der Waals surface area contributed by atoms with Crippen LogP contribution in [0.4, 0.5) is 0 Å². The highest BCUT2D eigenvalue weighted by Crippen LogP contribution is 2.43. The molecule has 0 fully saturated rings. The fourth-order valence-electron chi connectivity index (χ4n) is 2.85. The van der Waals surface area contributed by atoms with Crippen LogP contribution in [0.25, 0.3) is 43.0 Å². The van der Waals surface area contributed by atoms with Crippen molar-refractivity contribution in [2.45, 2.75) is 0 Å². The number of hydrogen-bond acceptors (Lipinski definition) is 4. The number of nitrogens with zero attached hydrogens (tertiary/aromatic N) is 2. The molecule has 5 rings (SSSR count). The number of aromatic nitrogens is 4. The molecule has 0 saturated carbocycles. The number of imidazole rings is 2. The normalized spacial score (nSPS) is 11.3. The van der Waals surface area contributed by atoms with Gasteiger partial charge in [0.15, 0.2) is 0 Å². The van der Waals surface area contributed by atoms with Crippen LogP contribution in [0.15, 0.2) is 60.1 Å². The minimum atomic E-state index is 1.04. The molecule has 0 aliphatic carbocycles. The van der Waals surface area contributed by atoms with Crippen LogP contribution in [-0.4, -0.2) is 19.9 Å². The average molecular weight is 348 g/mol. The Labute approximate surface area is 145 Å². The van der Waals surface area contributed by atoms with Gasteiger partial charge in [-0.15, -0.1) is 22.7 Å². The lowest BCUT2D eigenvalue weighted by molar-refractivity contribution is 1.31. The number of benzene rings is 1. The second-order valence-electron chi connectivity index (χ2n) is 5.46. The Bertz CT molecular complexity index is 1080. The van der Waals surface area contributed by atoms with Crippen molar-refractivity contribution in [2.75, 3.05) is 0 Å². The van der Waals surface area contributed by atoms with Gasteiger partial charge < -0.3 is 9.97 Å². The monoisotopic (exact) mass is 348 g/mol. The maximum atomic E-state index is 4.13. The fourth-order valence-corrected chi connectivity index (χ4v) is 5.29. The standard InChI is InChI=1S/C18H12N4S2/c1-3-12(15-5-19-9-21-15)4-2-11(1)13-7-23-18-14(8-24-17(13)18)16-6-20-10-22-16/h1-10H,(H,19,21)(H,20,22). The zero-order chi connectivity index (χ0) is 15.9. The average Bonchev–Trinajstić information content (AvgIpc) is 3.38. The number of aromatic amines is 2. The molecule has 0 aliphatic heterocycles. The third-order valence-electron chi connectivity index (χ3n) is 4.08. The first-order chi connectivity index (χ1) is 11.9. The van der Waals surface area contributed by atoms with Crippen molar-refractivity contribution in [1.82, 2.24) is 19.9 Å². The van der Waals surface area contributed by atoms with Gasteiger partial charge in [0.2, 0.25) is 0 Å². The Kier molecular flexibility index (Phi) is 3.11. The summed E-state index contributed by atoms with van der Waals surface area (Å²) in [6.45, 7) is 0. The summed E-state index contributed by atoms with van der Waals surface area (Å²) in [6, 6.07) is 8.62. The predicted molar refractivity (Wildman–Crippen MR) is 100 cm³/mol. The van der Waals surface area contributed by atoms with Crippen LogP contribution in [0.3, 0.4) is 0 Å². The highest BCUT2D eigenvalue weighted by molar-refractivity contribution is 7.27. The second-order valence-corrected chi connectivity index (χ2v) is 7.22. The van der Waals surface area contributed by atoms with Gasteiger partial charge >= 0.3 is 0 Å². The zero-order valence-electron chi connectivity index (χ0n) is 12.5. The van der Waals surface area contributed by atoms with Crippen molar-refractivity contribution >= 4 is 32.1 Å². The Balaban J connectivity index is 1.57. The zero-order valence-corrected chi connectivity index (χ0v) is 14.1. The quantitative estimate of drug-likeness (QED) is 0.458. The van der Waals surface area contributed by atoms with E-state index in [9.17, 15) is 0 Å². The molecule has 2 N–H and O–H groups in total. The van der Waals surface area contributed by atoms with Gasteiger partial charge in [-0.3, -0.25) is 0 Å². The number of thiophene rings is 2. The summed E-state index contributed by atoms with van der Waals surface area (Å²) < 4.78 is 2.65. The van der Waals surface area contributed by atoms with E-state index in [1.54, 1.807) is 35.3 Å². The van der Waals surface area contributed by atoms with Crippen LogP contribution in [0.5, 0.6) is 0 Å². The van der Waals surface area contributed by atoms with Crippen molar-refractivity contribution in [3.8, 4) is 33.6 Å². The third-order valence-corrected chi connectivity index (χ3v) is 6.23. The van der Waals surface area contributed by atoms with Crippen LogP contribution in [-0.2, 0) is 0 Å². The van der Waals surface area contributed by atoms with Crippen LogP contribution in [0, 0.1) is 0 Å². The molecular formula is C18H12N4S2. The molecule has 4 aromatic heterocycles. The molecule has 0 saturated heterocycles. The molecule has 6 heteroatoms. The van der Waals surface area contributed by atoms with Gasteiger partial charge in [-0.1, -0.05) is 24.3 Å². The largest absolute Gasteiger partial charge is 0.345 e. The van der Waals surface area contributed by atoms with Gasteiger partial charge in [-0.25, -0.2) is 9.97 Å². The van der Waals surface area contributed by atoms with Gasteiger partial charge in [-0.05, 0) is 11.1 Å². The van der Waals surface area contributed by atoms with Crippen LogP contribution in [0.2, 0.25) is 0 Å². The molecule has 4 heterocycles. The minimum absolute atomic E-state index is 1.04. The van der Waals surface area contributed by atoms with E-state index in [4.69, 9.17) is 0 Å². The molecule has 24 heavy (non-hydrogen) atoms. The van der Waals surface area contributed by atoms with E-state index < -0.39 is 0 Å². The van der Waals surface area contributed by atoms with E-state index in [2.05, 4.69) is 55.0 Å². The van der Waals surface area contributed by atoms with Gasteiger partial charge in [0.05, 0.1) is 45.8 Å². The summed E-state index contributed by atoms with van der Waals surface area (Å²) in [7, 11) is 0. The molecule has 4 nitrogen and oxygen atoms in total. The number of nitrogens with one attached hydrogen (secondary N) is 2. The molecule has 0 aliphatic rings. The first kappa shape index (κ1) is 13.7. The summed E-state index contributed by atoms with van der Waals surface area (Å²) in [6.07, 6.45) is 7.14. The minimum Gasteiger partial charge on any atom is -0.345 e. The fraction of sp³-hybridized carbons (Fsp3) is 0. The van der Waals surface area contributed by atoms with Crippen molar-refractivity contribution in [3.05, 3.63) is 60.1 Å². The smallest absolute Gasteiger partial charge is 0.0924 e. The summed E-state index contributed by atoms with van der Waals surface area (Å²) in [5.41, 5.74) is 7.02. The van der Waals surface area contributed by atoms with Gasteiger partial charge in [-0.2, -0.15) is 0 Å². The lowest BCUT2D eigenvalue weighted by atomic mass is 10.1. The maximum absolute atomic E-state index is 4.13. The highest BCUT2D eigenvalue weighted by Gasteiger charge is 2.14. The van der Waals surface area contributed by atoms with Gasteiger partial charge in [0.25, 0.3) is 0 Å². The molecule has 0 bridgehead atoms. The molecule has 0 radical (unpaired) electrons. The number of H-pyrrole nitrogens is 2.